The topological polar surface area (TPSA) is 60.9 Å². The number of carbonyl (C=O) groups excluding carboxylic acids is 2. The van der Waals surface area contributed by atoms with Crippen LogP contribution in [0.15, 0.2) is 11.0 Å². The highest BCUT2D eigenvalue weighted by Crippen LogP contribution is 2.42. The van der Waals surface area contributed by atoms with Gasteiger partial charge in [-0.1, -0.05) is 18.9 Å². The molecule has 162 valence electrons. The van der Waals surface area contributed by atoms with Gasteiger partial charge in [-0.15, -0.1) is 11.8 Å². The van der Waals surface area contributed by atoms with Crippen LogP contribution in [-0.2, 0) is 9.59 Å². The summed E-state index contributed by atoms with van der Waals surface area (Å²) in [5.41, 5.74) is -1.29. The zero-order valence-corrected chi connectivity index (χ0v) is 18.8. The molecule has 0 aromatic rings. The molecule has 0 aromatic heterocycles. The van der Waals surface area contributed by atoms with E-state index in [1.807, 2.05) is 11.8 Å². The van der Waals surface area contributed by atoms with Gasteiger partial charge in [0, 0.05) is 31.4 Å². The highest BCUT2D eigenvalue weighted by atomic mass is 32.2. The van der Waals surface area contributed by atoms with Gasteiger partial charge in [0.25, 0.3) is 5.91 Å². The average Bonchev–Trinajstić information content (AvgIpc) is 3.22. The number of aliphatic hydroxyl groups is 1. The Morgan fingerprint density at radius 1 is 1.03 bits per heavy atom. The summed E-state index contributed by atoms with van der Waals surface area (Å²) >= 11 is 1.85. The molecule has 0 aromatic carbocycles. The first-order valence-corrected chi connectivity index (χ1v) is 12.5. The average molecular weight is 421 g/mol. The van der Waals surface area contributed by atoms with Crippen molar-refractivity contribution in [1.82, 2.24) is 9.80 Å². The Balaban J connectivity index is 1.35. The molecule has 4 aliphatic rings. The maximum atomic E-state index is 13.3. The number of piperidine rings is 2. The van der Waals surface area contributed by atoms with Crippen molar-refractivity contribution >= 4 is 23.6 Å². The Morgan fingerprint density at radius 3 is 2.45 bits per heavy atom. The minimum atomic E-state index is -1.29. The van der Waals surface area contributed by atoms with E-state index in [-0.39, 0.29) is 11.8 Å². The van der Waals surface area contributed by atoms with E-state index in [4.69, 9.17) is 0 Å². The summed E-state index contributed by atoms with van der Waals surface area (Å²) in [4.78, 5) is 31.0. The molecule has 3 fully saturated rings. The van der Waals surface area contributed by atoms with Gasteiger partial charge in [-0.2, -0.15) is 0 Å². The van der Waals surface area contributed by atoms with Crippen LogP contribution in [0.25, 0.3) is 0 Å². The van der Waals surface area contributed by atoms with E-state index in [0.717, 1.165) is 37.5 Å². The summed E-state index contributed by atoms with van der Waals surface area (Å²) in [7, 11) is 0. The molecule has 1 saturated carbocycles. The van der Waals surface area contributed by atoms with E-state index in [2.05, 4.69) is 11.0 Å². The van der Waals surface area contributed by atoms with E-state index in [1.165, 1.54) is 37.0 Å². The number of carbonyl (C=O) groups is 2. The van der Waals surface area contributed by atoms with Gasteiger partial charge in [0.15, 0.2) is 0 Å². The predicted molar refractivity (Wildman–Crippen MR) is 116 cm³/mol. The SMILES string of the molecule is CC(C)(O)C(=O)N1CCC(C2=CC(C(=O)N3CCCC4CCCCC43)CS2)CC1. The molecule has 29 heavy (non-hydrogen) atoms. The van der Waals surface area contributed by atoms with Gasteiger partial charge >= 0.3 is 0 Å². The molecule has 3 heterocycles. The first-order valence-electron chi connectivity index (χ1n) is 11.5. The number of thioether (sulfide) groups is 1. The molecule has 1 aliphatic carbocycles. The largest absolute Gasteiger partial charge is 0.381 e. The third-order valence-electron chi connectivity index (χ3n) is 7.35. The summed E-state index contributed by atoms with van der Waals surface area (Å²) in [5, 5.41) is 9.97. The summed E-state index contributed by atoms with van der Waals surface area (Å²) in [6.45, 7) is 5.45. The third kappa shape index (κ3) is 4.53. The van der Waals surface area contributed by atoms with Crippen LogP contribution in [0.1, 0.15) is 65.2 Å². The Morgan fingerprint density at radius 2 is 1.72 bits per heavy atom. The summed E-state index contributed by atoms with van der Waals surface area (Å²) in [5.74, 6) is 2.28. The fourth-order valence-electron chi connectivity index (χ4n) is 5.74. The second-order valence-electron chi connectivity index (χ2n) is 9.90. The third-order valence-corrected chi connectivity index (χ3v) is 8.67. The van der Waals surface area contributed by atoms with Gasteiger partial charge in [0.05, 0.1) is 5.92 Å². The number of rotatable bonds is 3. The van der Waals surface area contributed by atoms with Crippen LogP contribution in [-0.4, -0.2) is 63.8 Å². The molecule has 4 rings (SSSR count). The van der Waals surface area contributed by atoms with Crippen LogP contribution < -0.4 is 0 Å². The normalized spacial score (nSPS) is 31.4. The molecule has 5 nitrogen and oxygen atoms in total. The lowest BCUT2D eigenvalue weighted by Gasteiger charge is -2.44. The molecule has 0 spiro atoms. The first-order chi connectivity index (χ1) is 13.8. The van der Waals surface area contributed by atoms with Crippen molar-refractivity contribution in [1.29, 1.82) is 0 Å². The van der Waals surface area contributed by atoms with Crippen molar-refractivity contribution in [2.24, 2.45) is 17.8 Å². The van der Waals surface area contributed by atoms with Crippen molar-refractivity contribution < 1.29 is 14.7 Å². The number of nitrogens with zero attached hydrogens (tertiary/aromatic N) is 2. The van der Waals surface area contributed by atoms with Gasteiger partial charge < -0.3 is 14.9 Å². The van der Waals surface area contributed by atoms with E-state index < -0.39 is 5.60 Å². The maximum absolute atomic E-state index is 13.3. The van der Waals surface area contributed by atoms with Crippen LogP contribution in [0.5, 0.6) is 0 Å². The number of amides is 2. The smallest absolute Gasteiger partial charge is 0.253 e. The molecule has 0 radical (unpaired) electrons. The molecular formula is C23H36N2O3S. The van der Waals surface area contributed by atoms with Gasteiger partial charge in [0.1, 0.15) is 5.60 Å². The van der Waals surface area contributed by atoms with E-state index in [1.54, 1.807) is 18.7 Å². The van der Waals surface area contributed by atoms with E-state index >= 15 is 0 Å². The van der Waals surface area contributed by atoms with Gasteiger partial charge in [0.2, 0.25) is 5.91 Å². The predicted octanol–water partition coefficient (Wildman–Crippen LogP) is 3.42. The highest BCUT2D eigenvalue weighted by molar-refractivity contribution is 8.03. The Kier molecular flexibility index (Phi) is 6.31. The van der Waals surface area contributed by atoms with Crippen molar-refractivity contribution in [2.45, 2.75) is 76.9 Å². The lowest BCUT2D eigenvalue weighted by molar-refractivity contribution is -0.149. The molecule has 3 atom stereocenters. The standard InChI is InChI=1S/C23H36N2O3S/c1-23(2,28)22(27)24-12-9-17(10-13-24)20-14-18(15-29-20)21(26)25-11-5-7-16-6-3-4-8-19(16)25/h14,16-19,28H,3-13,15H2,1-2H3. The van der Waals surface area contributed by atoms with Crippen LogP contribution in [0.3, 0.4) is 0 Å². The van der Waals surface area contributed by atoms with Gasteiger partial charge in [-0.05, 0) is 69.1 Å². The summed E-state index contributed by atoms with van der Waals surface area (Å²) < 4.78 is 0. The number of likely N-dealkylation sites (tertiary alicyclic amines) is 2. The molecule has 6 heteroatoms. The molecule has 0 bridgehead atoms. The van der Waals surface area contributed by atoms with E-state index in [9.17, 15) is 14.7 Å². The molecular weight excluding hydrogens is 384 g/mol. The van der Waals surface area contributed by atoms with Crippen LogP contribution >= 0.6 is 11.8 Å². The molecule has 3 unspecified atom stereocenters. The second kappa shape index (κ2) is 8.62. The van der Waals surface area contributed by atoms with Crippen LogP contribution in [0, 0.1) is 17.8 Å². The van der Waals surface area contributed by atoms with Crippen molar-refractivity contribution in [2.75, 3.05) is 25.4 Å². The lowest BCUT2D eigenvalue weighted by atomic mass is 9.78. The zero-order chi connectivity index (χ0) is 20.6. The van der Waals surface area contributed by atoms with E-state index in [0.29, 0.717) is 31.0 Å². The summed E-state index contributed by atoms with van der Waals surface area (Å²) in [6, 6.07) is 0.489. The fourth-order valence-corrected chi connectivity index (χ4v) is 7.09. The molecule has 1 N–H and O–H groups in total. The lowest BCUT2D eigenvalue weighted by Crippen LogP contribution is -2.51. The molecule has 3 aliphatic heterocycles. The van der Waals surface area contributed by atoms with Crippen molar-refractivity contribution in [3.05, 3.63) is 11.0 Å². The monoisotopic (exact) mass is 420 g/mol. The molecule has 2 saturated heterocycles. The van der Waals surface area contributed by atoms with Crippen molar-refractivity contribution in [3.63, 3.8) is 0 Å². The van der Waals surface area contributed by atoms with Crippen LogP contribution in [0.4, 0.5) is 0 Å². The minimum absolute atomic E-state index is 0.0340. The molecule has 2 amide bonds. The second-order valence-corrected chi connectivity index (χ2v) is 11.0. The number of fused-ring (bicyclic) bond motifs is 1. The quantitative estimate of drug-likeness (QED) is 0.760. The van der Waals surface area contributed by atoms with Crippen LogP contribution in [0.2, 0.25) is 0 Å². The van der Waals surface area contributed by atoms with Gasteiger partial charge in [-0.3, -0.25) is 9.59 Å². The Bertz CT molecular complexity index is 662. The number of hydrogen-bond donors (Lipinski definition) is 1. The Labute approximate surface area is 179 Å². The number of allylic oxidation sites excluding steroid dienone is 1. The van der Waals surface area contributed by atoms with Gasteiger partial charge in [-0.25, -0.2) is 0 Å². The first kappa shape index (κ1) is 21.2. The summed E-state index contributed by atoms with van der Waals surface area (Å²) in [6.07, 6.45) is 11.7. The Hall–Kier alpha value is -1.01. The minimum Gasteiger partial charge on any atom is -0.381 e. The maximum Gasteiger partial charge on any atom is 0.253 e. The highest BCUT2D eigenvalue weighted by Gasteiger charge is 2.40. The zero-order valence-electron chi connectivity index (χ0n) is 17.9. The number of hydrogen-bond acceptors (Lipinski definition) is 4. The fraction of sp³-hybridized carbons (Fsp3) is 0.826. The van der Waals surface area contributed by atoms with Crippen molar-refractivity contribution in [3.8, 4) is 0 Å².